The van der Waals surface area contributed by atoms with Gasteiger partial charge in [-0.2, -0.15) is 0 Å². The average Bonchev–Trinajstić information content (AvgIpc) is 3.24. The number of hydrogen-bond donors (Lipinski definition) is 1. The van der Waals surface area contributed by atoms with Crippen LogP contribution in [0.3, 0.4) is 0 Å². The molecule has 7 nitrogen and oxygen atoms in total. The molecule has 3 heterocycles. The highest BCUT2D eigenvalue weighted by Gasteiger charge is 2.31. The van der Waals surface area contributed by atoms with Gasteiger partial charge < -0.3 is 9.73 Å². The first-order valence-electron chi connectivity index (χ1n) is 11.4. The largest absolute Gasteiger partial charge is 0.438 e. The summed E-state index contributed by atoms with van der Waals surface area (Å²) >= 11 is 6.17. The molecule has 2 aromatic heterocycles. The number of benzene rings is 2. The molecule has 0 saturated carbocycles. The molecule has 5 rings (SSSR count). The van der Waals surface area contributed by atoms with E-state index in [0.717, 1.165) is 23.3 Å². The first kappa shape index (κ1) is 25.3. The van der Waals surface area contributed by atoms with Gasteiger partial charge >= 0.3 is 0 Å². The molecular weight excluding hydrogens is 524 g/mol. The maximum absolute atomic E-state index is 14.9. The van der Waals surface area contributed by atoms with Crippen LogP contribution in [0, 0.1) is 25.5 Å². The van der Waals surface area contributed by atoms with Gasteiger partial charge in [-0.15, -0.1) is 0 Å². The summed E-state index contributed by atoms with van der Waals surface area (Å²) in [5.74, 6) is -1.83. The first-order valence-corrected chi connectivity index (χ1v) is 13.6. The summed E-state index contributed by atoms with van der Waals surface area (Å²) in [6.45, 7) is 3.87. The van der Waals surface area contributed by atoms with E-state index in [1.807, 2.05) is 13.8 Å². The van der Waals surface area contributed by atoms with Crippen molar-refractivity contribution in [3.63, 3.8) is 0 Å². The van der Waals surface area contributed by atoms with Crippen molar-refractivity contribution < 1.29 is 21.6 Å². The van der Waals surface area contributed by atoms with E-state index in [4.69, 9.17) is 16.0 Å². The minimum atomic E-state index is -3.33. The molecule has 1 aliphatic heterocycles. The van der Waals surface area contributed by atoms with E-state index in [1.165, 1.54) is 22.8 Å². The van der Waals surface area contributed by atoms with Crippen LogP contribution in [0.4, 0.5) is 8.78 Å². The van der Waals surface area contributed by atoms with Crippen molar-refractivity contribution in [2.45, 2.75) is 19.9 Å². The fraction of sp³-hybridized carbons (Fsp3) is 0.231. The van der Waals surface area contributed by atoms with Crippen LogP contribution < -0.4 is 10.9 Å². The van der Waals surface area contributed by atoms with Gasteiger partial charge in [-0.1, -0.05) is 11.6 Å². The molecule has 37 heavy (non-hydrogen) atoms. The fourth-order valence-electron chi connectivity index (χ4n) is 4.57. The molecule has 1 unspecified atom stereocenters. The van der Waals surface area contributed by atoms with E-state index in [0.29, 0.717) is 16.3 Å². The van der Waals surface area contributed by atoms with Crippen LogP contribution >= 0.6 is 11.6 Å². The molecular formula is C26H22ClF2N3O4S. The van der Waals surface area contributed by atoms with Crippen LogP contribution in [-0.2, 0) is 9.84 Å². The molecule has 0 bridgehead atoms. The summed E-state index contributed by atoms with van der Waals surface area (Å²) in [5.41, 5.74) is 2.41. The average molecular weight is 546 g/mol. The zero-order chi connectivity index (χ0) is 26.5. The van der Waals surface area contributed by atoms with Crippen LogP contribution in [0.2, 0.25) is 5.02 Å². The van der Waals surface area contributed by atoms with Gasteiger partial charge in [0.2, 0.25) is 5.89 Å². The monoisotopic (exact) mass is 545 g/mol. The summed E-state index contributed by atoms with van der Waals surface area (Å²) in [4.78, 5) is 17.4. The molecule has 1 aliphatic rings. The highest BCUT2D eigenvalue weighted by atomic mass is 35.5. The second-order valence-corrected chi connectivity index (χ2v) is 11.7. The number of aryl methyl sites for hydroxylation is 2. The van der Waals surface area contributed by atoms with Crippen LogP contribution in [0.15, 0.2) is 57.9 Å². The van der Waals surface area contributed by atoms with Crippen molar-refractivity contribution in [3.05, 3.63) is 92.7 Å². The molecule has 0 aliphatic carbocycles. The maximum Gasteiger partial charge on any atom is 0.255 e. The highest BCUT2D eigenvalue weighted by molar-refractivity contribution is 7.91. The zero-order valence-electron chi connectivity index (χ0n) is 19.9. The van der Waals surface area contributed by atoms with E-state index >= 15 is 0 Å². The van der Waals surface area contributed by atoms with Gasteiger partial charge in [0, 0.05) is 35.5 Å². The molecule has 11 heteroatoms. The SMILES string of the molecule is Cc1cc(Cl)cc(C)c1-n1cc(-c2nc(C3CS(=O)(=O)CCN3)oc2-c2ccc(F)cc2F)ccc1=O. The third-order valence-corrected chi connectivity index (χ3v) is 8.11. The lowest BCUT2D eigenvalue weighted by molar-refractivity contribution is 0.417. The lowest BCUT2D eigenvalue weighted by Gasteiger charge is -2.20. The van der Waals surface area contributed by atoms with E-state index < -0.39 is 27.5 Å². The quantitative estimate of drug-likeness (QED) is 0.397. The smallest absolute Gasteiger partial charge is 0.255 e. The number of rotatable bonds is 4. The lowest BCUT2D eigenvalue weighted by Crippen LogP contribution is -2.39. The Bertz CT molecular complexity index is 1680. The Morgan fingerprint density at radius 2 is 1.84 bits per heavy atom. The van der Waals surface area contributed by atoms with Gasteiger partial charge in [-0.05, 0) is 55.3 Å². The highest BCUT2D eigenvalue weighted by Crippen LogP contribution is 2.36. The topological polar surface area (TPSA) is 94.2 Å². The Hall–Kier alpha value is -3.34. The molecule has 1 saturated heterocycles. The van der Waals surface area contributed by atoms with Crippen molar-refractivity contribution in [1.29, 1.82) is 0 Å². The standard InChI is InChI=1S/C26H22ClF2N3O4S/c1-14-9-17(27)10-15(2)24(14)32-12-16(3-6-22(32)33)23-25(19-5-4-18(28)11-20(19)29)36-26(31-23)21-13-37(34,35)8-7-30-21/h3-6,9-12,21,30H,7-8,13H2,1-2H3. The molecule has 0 spiro atoms. The predicted molar refractivity (Wildman–Crippen MR) is 137 cm³/mol. The summed E-state index contributed by atoms with van der Waals surface area (Å²) in [6, 6.07) is 8.66. The van der Waals surface area contributed by atoms with E-state index in [1.54, 1.807) is 18.3 Å². The van der Waals surface area contributed by atoms with E-state index in [9.17, 15) is 22.0 Å². The van der Waals surface area contributed by atoms with E-state index in [2.05, 4.69) is 10.3 Å². The number of aromatic nitrogens is 2. The second-order valence-electron chi connectivity index (χ2n) is 8.99. The molecule has 192 valence electrons. The van der Waals surface area contributed by atoms with Crippen LogP contribution in [0.1, 0.15) is 23.1 Å². The summed E-state index contributed by atoms with van der Waals surface area (Å²) in [5, 5.41) is 3.60. The first-order chi connectivity index (χ1) is 17.5. The maximum atomic E-state index is 14.9. The fourth-order valence-corrected chi connectivity index (χ4v) is 6.26. The Labute approximate surface area is 216 Å². The third-order valence-electron chi connectivity index (χ3n) is 6.22. The Morgan fingerprint density at radius 3 is 2.51 bits per heavy atom. The Kier molecular flexibility index (Phi) is 6.51. The lowest BCUT2D eigenvalue weighted by atomic mass is 10.1. The van der Waals surface area contributed by atoms with E-state index in [-0.39, 0.29) is 46.5 Å². The third kappa shape index (κ3) is 4.96. The molecule has 2 aromatic carbocycles. The summed E-state index contributed by atoms with van der Waals surface area (Å²) < 4.78 is 60.3. The van der Waals surface area contributed by atoms with Gasteiger partial charge in [-0.3, -0.25) is 9.36 Å². The summed E-state index contributed by atoms with van der Waals surface area (Å²) in [7, 11) is -3.33. The minimum absolute atomic E-state index is 0.00739. The predicted octanol–water partition coefficient (Wildman–Crippen LogP) is 4.77. The van der Waals surface area contributed by atoms with Crippen molar-refractivity contribution in [2.75, 3.05) is 18.1 Å². The van der Waals surface area contributed by atoms with Crippen molar-refractivity contribution >= 4 is 21.4 Å². The number of halogens is 3. The van der Waals surface area contributed by atoms with Crippen molar-refractivity contribution in [1.82, 2.24) is 14.9 Å². The number of pyridine rings is 1. The second kappa shape index (κ2) is 9.51. The van der Waals surface area contributed by atoms with Crippen molar-refractivity contribution in [3.8, 4) is 28.3 Å². The van der Waals surface area contributed by atoms with Gasteiger partial charge in [0.1, 0.15) is 17.3 Å². The molecule has 1 fully saturated rings. The zero-order valence-corrected chi connectivity index (χ0v) is 21.5. The molecule has 4 aromatic rings. The molecule has 0 amide bonds. The number of hydrogen-bond acceptors (Lipinski definition) is 6. The van der Waals surface area contributed by atoms with Gasteiger partial charge in [-0.25, -0.2) is 22.2 Å². The number of sulfone groups is 1. The van der Waals surface area contributed by atoms with Crippen LogP contribution in [-0.4, -0.2) is 36.0 Å². The summed E-state index contributed by atoms with van der Waals surface area (Å²) in [6.07, 6.45) is 1.56. The number of nitrogens with one attached hydrogen (secondary N) is 1. The number of nitrogens with zero attached hydrogens (tertiary/aromatic N) is 2. The molecule has 1 atom stereocenters. The van der Waals surface area contributed by atoms with Gasteiger partial charge in [0.25, 0.3) is 5.56 Å². The minimum Gasteiger partial charge on any atom is -0.438 e. The van der Waals surface area contributed by atoms with Gasteiger partial charge in [0.05, 0.1) is 28.8 Å². The molecule has 0 radical (unpaired) electrons. The number of oxazole rings is 1. The van der Waals surface area contributed by atoms with Crippen LogP contribution in [0.5, 0.6) is 0 Å². The van der Waals surface area contributed by atoms with Crippen LogP contribution in [0.25, 0.3) is 28.3 Å². The Morgan fingerprint density at radius 1 is 1.11 bits per heavy atom. The van der Waals surface area contributed by atoms with Crippen molar-refractivity contribution in [2.24, 2.45) is 0 Å². The van der Waals surface area contributed by atoms with Gasteiger partial charge in [0.15, 0.2) is 15.6 Å². The Balaban J connectivity index is 1.71. The molecule has 1 N–H and O–H groups in total. The normalized spacial score (nSPS) is 17.2.